The van der Waals surface area contributed by atoms with Crippen molar-refractivity contribution in [2.24, 2.45) is 5.92 Å². The number of carbonyl (C=O) groups excluding carboxylic acids is 1. The predicted molar refractivity (Wildman–Crippen MR) is 55.7 cm³/mol. The first-order chi connectivity index (χ1) is 7.65. The highest BCUT2D eigenvalue weighted by molar-refractivity contribution is 5.94. The Morgan fingerprint density at radius 2 is 2.25 bits per heavy atom. The van der Waals surface area contributed by atoms with Gasteiger partial charge in [-0.2, -0.15) is 0 Å². The lowest BCUT2D eigenvalue weighted by molar-refractivity contribution is -0.158. The zero-order chi connectivity index (χ0) is 12.0. The molecule has 1 aromatic rings. The number of carbonyl (C=O) groups is 2. The van der Waals surface area contributed by atoms with E-state index >= 15 is 0 Å². The van der Waals surface area contributed by atoms with Gasteiger partial charge in [0.1, 0.15) is 0 Å². The summed E-state index contributed by atoms with van der Waals surface area (Å²) < 4.78 is 4.69. The largest absolute Gasteiger partial charge is 0.481 e. The third-order valence-electron chi connectivity index (χ3n) is 2.01. The standard InChI is InChI=1S/C11H13NO4/c1-2-16-11(15)9(10(13)14)7-8-5-3-4-6-12-8/h3-6,9H,2,7H2,1H3,(H,13,14). The van der Waals surface area contributed by atoms with E-state index in [0.29, 0.717) is 5.69 Å². The molecule has 1 heterocycles. The number of hydrogen-bond acceptors (Lipinski definition) is 4. The van der Waals surface area contributed by atoms with E-state index in [9.17, 15) is 9.59 Å². The molecule has 1 aromatic heterocycles. The van der Waals surface area contributed by atoms with E-state index in [1.807, 2.05) is 0 Å². The highest BCUT2D eigenvalue weighted by Gasteiger charge is 2.28. The summed E-state index contributed by atoms with van der Waals surface area (Å²) in [7, 11) is 0. The molecule has 0 aromatic carbocycles. The van der Waals surface area contributed by atoms with Crippen LogP contribution in [0, 0.1) is 5.92 Å². The summed E-state index contributed by atoms with van der Waals surface area (Å²) in [5.41, 5.74) is 0.558. The van der Waals surface area contributed by atoms with Crippen LogP contribution in [0.5, 0.6) is 0 Å². The van der Waals surface area contributed by atoms with Crippen LogP contribution in [0.4, 0.5) is 0 Å². The second-order valence-corrected chi connectivity index (χ2v) is 3.17. The molecule has 5 heteroatoms. The Kier molecular flexibility index (Phi) is 4.44. The Bertz CT molecular complexity index is 364. The predicted octanol–water partition coefficient (Wildman–Crippen LogP) is 0.888. The second kappa shape index (κ2) is 5.85. The Balaban J connectivity index is 2.73. The van der Waals surface area contributed by atoms with Crippen molar-refractivity contribution in [3.8, 4) is 0 Å². The molecule has 0 bridgehead atoms. The van der Waals surface area contributed by atoms with Crippen molar-refractivity contribution in [1.29, 1.82) is 0 Å². The van der Waals surface area contributed by atoms with Crippen LogP contribution in [-0.4, -0.2) is 28.6 Å². The summed E-state index contributed by atoms with van der Waals surface area (Å²) >= 11 is 0. The molecule has 0 amide bonds. The van der Waals surface area contributed by atoms with Crippen molar-refractivity contribution in [1.82, 2.24) is 4.98 Å². The molecule has 0 aliphatic heterocycles. The van der Waals surface area contributed by atoms with E-state index in [2.05, 4.69) is 9.72 Å². The number of carboxylic acid groups (broad SMARTS) is 1. The monoisotopic (exact) mass is 223 g/mol. The van der Waals surface area contributed by atoms with Gasteiger partial charge in [0.05, 0.1) is 6.61 Å². The first-order valence-electron chi connectivity index (χ1n) is 4.94. The molecule has 0 aliphatic rings. The lowest BCUT2D eigenvalue weighted by Crippen LogP contribution is -2.28. The fourth-order valence-electron chi connectivity index (χ4n) is 1.24. The van der Waals surface area contributed by atoms with Gasteiger partial charge in [-0.15, -0.1) is 0 Å². The van der Waals surface area contributed by atoms with Crippen molar-refractivity contribution in [3.05, 3.63) is 30.1 Å². The minimum atomic E-state index is -1.19. The molecular weight excluding hydrogens is 210 g/mol. The number of aromatic nitrogens is 1. The first kappa shape index (κ1) is 12.2. The molecule has 1 unspecified atom stereocenters. The van der Waals surface area contributed by atoms with Crippen molar-refractivity contribution in [2.45, 2.75) is 13.3 Å². The number of ether oxygens (including phenoxy) is 1. The Morgan fingerprint density at radius 3 is 2.75 bits per heavy atom. The molecular formula is C11H13NO4. The van der Waals surface area contributed by atoms with Gasteiger partial charge in [0.25, 0.3) is 0 Å². The van der Waals surface area contributed by atoms with Crippen LogP contribution in [0.2, 0.25) is 0 Å². The SMILES string of the molecule is CCOC(=O)C(Cc1ccccn1)C(=O)O. The summed E-state index contributed by atoms with van der Waals surface area (Å²) in [4.78, 5) is 26.2. The molecule has 5 nitrogen and oxygen atoms in total. The third-order valence-corrected chi connectivity index (χ3v) is 2.01. The molecule has 1 N–H and O–H groups in total. The van der Waals surface area contributed by atoms with Crippen molar-refractivity contribution < 1.29 is 19.4 Å². The number of aliphatic carboxylic acids is 1. The van der Waals surface area contributed by atoms with Crippen molar-refractivity contribution in [3.63, 3.8) is 0 Å². The molecule has 1 rings (SSSR count). The van der Waals surface area contributed by atoms with Gasteiger partial charge < -0.3 is 9.84 Å². The minimum absolute atomic E-state index is 0.0506. The van der Waals surface area contributed by atoms with E-state index < -0.39 is 17.9 Å². The molecule has 0 spiro atoms. The van der Waals surface area contributed by atoms with Crippen LogP contribution in [0.25, 0.3) is 0 Å². The number of esters is 1. The molecule has 0 radical (unpaired) electrons. The summed E-state index contributed by atoms with van der Waals surface area (Å²) in [6, 6.07) is 5.14. The fourth-order valence-corrected chi connectivity index (χ4v) is 1.24. The number of carboxylic acids is 1. The van der Waals surface area contributed by atoms with Gasteiger partial charge in [0.2, 0.25) is 0 Å². The molecule has 0 saturated carbocycles. The maximum Gasteiger partial charge on any atom is 0.320 e. The van der Waals surface area contributed by atoms with Gasteiger partial charge >= 0.3 is 11.9 Å². The van der Waals surface area contributed by atoms with Crippen LogP contribution in [-0.2, 0) is 20.7 Å². The van der Waals surface area contributed by atoms with Gasteiger partial charge in [0, 0.05) is 18.3 Å². The Hall–Kier alpha value is -1.91. The summed E-state index contributed by atoms with van der Waals surface area (Å²) in [5.74, 6) is -3.10. The molecule has 0 saturated heterocycles. The summed E-state index contributed by atoms with van der Waals surface area (Å²) in [5, 5.41) is 8.90. The Morgan fingerprint density at radius 1 is 1.50 bits per heavy atom. The maximum absolute atomic E-state index is 11.4. The number of rotatable bonds is 5. The minimum Gasteiger partial charge on any atom is -0.481 e. The average Bonchev–Trinajstić information content (AvgIpc) is 2.27. The van der Waals surface area contributed by atoms with Crippen molar-refractivity contribution >= 4 is 11.9 Å². The summed E-state index contributed by atoms with van der Waals surface area (Å²) in [6.45, 7) is 1.81. The third kappa shape index (κ3) is 3.34. The van der Waals surface area contributed by atoms with Gasteiger partial charge in [-0.05, 0) is 19.1 Å². The zero-order valence-electron chi connectivity index (χ0n) is 8.92. The Labute approximate surface area is 93.1 Å². The van der Waals surface area contributed by atoms with Crippen LogP contribution in [0.1, 0.15) is 12.6 Å². The van der Waals surface area contributed by atoms with E-state index in [1.165, 1.54) is 0 Å². The van der Waals surface area contributed by atoms with Crippen molar-refractivity contribution in [2.75, 3.05) is 6.61 Å². The second-order valence-electron chi connectivity index (χ2n) is 3.17. The molecule has 1 atom stereocenters. The zero-order valence-corrected chi connectivity index (χ0v) is 8.92. The van der Waals surface area contributed by atoms with E-state index in [0.717, 1.165) is 0 Å². The number of hydrogen-bond donors (Lipinski definition) is 1. The number of nitrogens with zero attached hydrogens (tertiary/aromatic N) is 1. The smallest absolute Gasteiger partial charge is 0.320 e. The molecule has 0 aliphatic carbocycles. The molecule has 16 heavy (non-hydrogen) atoms. The van der Waals surface area contributed by atoms with Gasteiger partial charge in [-0.25, -0.2) is 0 Å². The van der Waals surface area contributed by atoms with E-state index in [-0.39, 0.29) is 13.0 Å². The van der Waals surface area contributed by atoms with Crippen LogP contribution < -0.4 is 0 Å². The average molecular weight is 223 g/mol. The lowest BCUT2D eigenvalue weighted by atomic mass is 10.0. The van der Waals surface area contributed by atoms with Gasteiger partial charge in [-0.1, -0.05) is 6.07 Å². The highest BCUT2D eigenvalue weighted by Crippen LogP contribution is 2.08. The highest BCUT2D eigenvalue weighted by atomic mass is 16.5. The quantitative estimate of drug-likeness (QED) is 0.592. The maximum atomic E-state index is 11.4. The van der Waals surface area contributed by atoms with E-state index in [4.69, 9.17) is 5.11 Å². The fraction of sp³-hybridized carbons (Fsp3) is 0.364. The van der Waals surface area contributed by atoms with Crippen LogP contribution >= 0.6 is 0 Å². The lowest BCUT2D eigenvalue weighted by Gasteiger charge is -2.10. The van der Waals surface area contributed by atoms with Gasteiger partial charge in [-0.3, -0.25) is 14.6 Å². The molecule has 0 fully saturated rings. The van der Waals surface area contributed by atoms with Crippen LogP contribution in [0.3, 0.4) is 0 Å². The van der Waals surface area contributed by atoms with Gasteiger partial charge in [0.15, 0.2) is 5.92 Å². The molecule has 86 valence electrons. The summed E-state index contributed by atoms with van der Waals surface area (Å²) in [6.07, 6.45) is 1.61. The number of pyridine rings is 1. The topological polar surface area (TPSA) is 76.5 Å². The van der Waals surface area contributed by atoms with Crippen LogP contribution in [0.15, 0.2) is 24.4 Å². The van der Waals surface area contributed by atoms with E-state index in [1.54, 1.807) is 31.3 Å². The normalized spacial score (nSPS) is 11.8. The first-order valence-corrected chi connectivity index (χ1v) is 4.94.